The third kappa shape index (κ3) is 3.28. The van der Waals surface area contributed by atoms with E-state index in [1.54, 1.807) is 30.3 Å². The molecule has 2 aromatic rings. The first-order chi connectivity index (χ1) is 10.1. The Morgan fingerprint density at radius 3 is 2.24 bits per heavy atom. The van der Waals surface area contributed by atoms with Gasteiger partial charge in [-0.2, -0.15) is 0 Å². The summed E-state index contributed by atoms with van der Waals surface area (Å²) in [6, 6.07) is 9.68. The van der Waals surface area contributed by atoms with E-state index in [-0.39, 0.29) is 11.7 Å². The zero-order chi connectivity index (χ0) is 15.4. The molecule has 0 heterocycles. The monoisotopic (exact) mass is 351 g/mol. The average Bonchev–Trinajstić information content (AvgIpc) is 2.49. The van der Waals surface area contributed by atoms with Crippen LogP contribution in [-0.2, 0) is 0 Å². The maximum absolute atomic E-state index is 12.3. The second kappa shape index (κ2) is 6.49. The third-order valence-electron chi connectivity index (χ3n) is 2.86. The largest absolute Gasteiger partial charge is 0.506 e. The van der Waals surface area contributed by atoms with Gasteiger partial charge in [0, 0.05) is 5.56 Å². The molecule has 0 saturated carbocycles. The highest BCUT2D eigenvalue weighted by Gasteiger charge is 2.15. The first-order valence-corrected chi connectivity index (χ1v) is 6.87. The van der Waals surface area contributed by atoms with Gasteiger partial charge in [-0.25, -0.2) is 0 Å². The number of methoxy groups -OCH3 is 2. The van der Waals surface area contributed by atoms with Crippen molar-refractivity contribution in [1.29, 1.82) is 0 Å². The summed E-state index contributed by atoms with van der Waals surface area (Å²) in [4.78, 5) is 12.3. The predicted molar refractivity (Wildman–Crippen MR) is 83.3 cm³/mol. The van der Waals surface area contributed by atoms with Crippen LogP contribution < -0.4 is 14.8 Å². The lowest BCUT2D eigenvalue weighted by molar-refractivity contribution is 0.102. The number of anilines is 1. The lowest BCUT2D eigenvalue weighted by Crippen LogP contribution is -2.12. The number of amides is 1. The molecule has 0 unspecified atom stereocenters. The Balaban J connectivity index is 2.33. The number of benzene rings is 2. The zero-order valence-electron chi connectivity index (χ0n) is 11.5. The summed E-state index contributed by atoms with van der Waals surface area (Å²) in [5, 5.41) is 12.3. The van der Waals surface area contributed by atoms with Gasteiger partial charge in [-0.3, -0.25) is 4.79 Å². The van der Waals surface area contributed by atoms with Crippen molar-refractivity contribution in [2.75, 3.05) is 19.5 Å². The van der Waals surface area contributed by atoms with Crippen molar-refractivity contribution >= 4 is 27.5 Å². The number of halogens is 1. The molecule has 0 aliphatic carbocycles. The van der Waals surface area contributed by atoms with Crippen LogP contribution in [0.1, 0.15) is 10.4 Å². The van der Waals surface area contributed by atoms with Gasteiger partial charge >= 0.3 is 0 Å². The number of aromatic hydroxyl groups is 1. The maximum atomic E-state index is 12.3. The summed E-state index contributed by atoms with van der Waals surface area (Å²) in [5.41, 5.74) is 0.693. The Morgan fingerprint density at radius 2 is 1.71 bits per heavy atom. The SMILES string of the molecule is COc1cc(C(=O)Nc2ccccc2O)cc(OC)c1Br. The van der Waals surface area contributed by atoms with Crippen LogP contribution in [0, 0.1) is 0 Å². The Labute approximate surface area is 130 Å². The minimum atomic E-state index is -0.374. The standard InChI is InChI=1S/C15H14BrNO4/c1-20-12-7-9(8-13(21-2)14(12)16)15(19)17-10-5-3-4-6-11(10)18/h3-8,18H,1-2H3,(H,17,19). The fourth-order valence-electron chi connectivity index (χ4n) is 1.77. The number of carbonyl (C=O) groups excluding carboxylic acids is 1. The molecule has 0 saturated heterocycles. The normalized spacial score (nSPS) is 10.0. The highest BCUT2D eigenvalue weighted by molar-refractivity contribution is 9.10. The molecule has 0 aliphatic heterocycles. The van der Waals surface area contributed by atoms with Gasteiger partial charge in [-0.15, -0.1) is 0 Å². The fourth-order valence-corrected chi connectivity index (χ4v) is 2.33. The number of phenols is 1. The van der Waals surface area contributed by atoms with Crippen molar-refractivity contribution < 1.29 is 19.4 Å². The molecule has 0 bridgehead atoms. The lowest BCUT2D eigenvalue weighted by Gasteiger charge is -2.12. The van der Waals surface area contributed by atoms with Crippen LogP contribution in [0.4, 0.5) is 5.69 Å². The van der Waals surface area contributed by atoms with Crippen molar-refractivity contribution in [3.05, 3.63) is 46.4 Å². The summed E-state index contributed by atoms with van der Waals surface area (Å²) in [6.45, 7) is 0. The average molecular weight is 352 g/mol. The van der Waals surface area contributed by atoms with E-state index in [4.69, 9.17) is 9.47 Å². The van der Waals surface area contributed by atoms with Gasteiger partial charge in [0.05, 0.1) is 19.9 Å². The van der Waals surface area contributed by atoms with Crippen molar-refractivity contribution in [3.8, 4) is 17.2 Å². The van der Waals surface area contributed by atoms with E-state index in [0.717, 1.165) is 0 Å². The second-order valence-corrected chi connectivity index (χ2v) is 4.96. The first-order valence-electron chi connectivity index (χ1n) is 6.07. The Bertz CT molecular complexity index is 647. The molecular weight excluding hydrogens is 338 g/mol. The minimum Gasteiger partial charge on any atom is -0.506 e. The van der Waals surface area contributed by atoms with E-state index in [1.165, 1.54) is 20.3 Å². The summed E-state index contributed by atoms with van der Waals surface area (Å²) in [7, 11) is 3.01. The van der Waals surface area contributed by atoms with E-state index in [1.807, 2.05) is 0 Å². The molecule has 0 spiro atoms. The molecule has 0 aliphatic rings. The number of nitrogens with one attached hydrogen (secondary N) is 1. The van der Waals surface area contributed by atoms with Crippen LogP contribution in [0.3, 0.4) is 0 Å². The molecule has 110 valence electrons. The quantitative estimate of drug-likeness (QED) is 0.828. The molecule has 0 atom stereocenters. The third-order valence-corrected chi connectivity index (χ3v) is 3.64. The summed E-state index contributed by atoms with van der Waals surface area (Å²) in [5.74, 6) is 0.594. The minimum absolute atomic E-state index is 0.00175. The molecule has 0 fully saturated rings. The number of ether oxygens (including phenoxy) is 2. The first kappa shape index (κ1) is 15.2. The molecule has 2 N–H and O–H groups in total. The topological polar surface area (TPSA) is 67.8 Å². The van der Waals surface area contributed by atoms with E-state index in [0.29, 0.717) is 27.2 Å². The zero-order valence-corrected chi connectivity index (χ0v) is 13.1. The Kier molecular flexibility index (Phi) is 4.70. The number of hydrogen-bond donors (Lipinski definition) is 2. The van der Waals surface area contributed by atoms with Gasteiger partial charge < -0.3 is 19.9 Å². The number of carbonyl (C=O) groups is 1. The maximum Gasteiger partial charge on any atom is 0.256 e. The Morgan fingerprint density at radius 1 is 1.14 bits per heavy atom. The van der Waals surface area contributed by atoms with Gasteiger partial charge in [-0.1, -0.05) is 12.1 Å². The summed E-state index contributed by atoms with van der Waals surface area (Å²) >= 11 is 3.34. The van der Waals surface area contributed by atoms with Gasteiger partial charge in [-0.05, 0) is 40.2 Å². The Hall–Kier alpha value is -2.21. The molecule has 1 amide bonds. The molecule has 0 radical (unpaired) electrons. The highest BCUT2D eigenvalue weighted by atomic mass is 79.9. The van der Waals surface area contributed by atoms with Gasteiger partial charge in [0.25, 0.3) is 5.91 Å². The van der Waals surface area contributed by atoms with Crippen molar-refractivity contribution in [2.24, 2.45) is 0 Å². The van der Waals surface area contributed by atoms with E-state index in [9.17, 15) is 9.90 Å². The summed E-state index contributed by atoms with van der Waals surface area (Å²) in [6.07, 6.45) is 0. The molecule has 0 aromatic heterocycles. The van der Waals surface area contributed by atoms with Crippen molar-refractivity contribution in [2.45, 2.75) is 0 Å². The molecule has 5 nitrogen and oxygen atoms in total. The van der Waals surface area contributed by atoms with Crippen LogP contribution >= 0.6 is 15.9 Å². The molecule has 6 heteroatoms. The van der Waals surface area contributed by atoms with Crippen LogP contribution in [-0.4, -0.2) is 25.2 Å². The van der Waals surface area contributed by atoms with E-state index in [2.05, 4.69) is 21.2 Å². The fraction of sp³-hybridized carbons (Fsp3) is 0.133. The van der Waals surface area contributed by atoms with Crippen molar-refractivity contribution in [1.82, 2.24) is 0 Å². The van der Waals surface area contributed by atoms with Gasteiger partial charge in [0.1, 0.15) is 21.7 Å². The van der Waals surface area contributed by atoms with Crippen LogP contribution in [0.2, 0.25) is 0 Å². The molecular formula is C15H14BrNO4. The summed E-state index contributed by atoms with van der Waals surface area (Å²) < 4.78 is 11.0. The van der Waals surface area contributed by atoms with Crippen LogP contribution in [0.25, 0.3) is 0 Å². The number of hydrogen-bond acceptors (Lipinski definition) is 4. The van der Waals surface area contributed by atoms with Crippen LogP contribution in [0.15, 0.2) is 40.9 Å². The smallest absolute Gasteiger partial charge is 0.256 e. The second-order valence-electron chi connectivity index (χ2n) is 4.17. The molecule has 2 rings (SSSR count). The number of para-hydroxylation sites is 2. The number of phenolic OH excluding ortho intramolecular Hbond substituents is 1. The molecule has 2 aromatic carbocycles. The number of rotatable bonds is 4. The lowest BCUT2D eigenvalue weighted by atomic mass is 10.1. The molecule has 21 heavy (non-hydrogen) atoms. The van der Waals surface area contributed by atoms with Gasteiger partial charge in [0.2, 0.25) is 0 Å². The highest BCUT2D eigenvalue weighted by Crippen LogP contribution is 2.36. The van der Waals surface area contributed by atoms with E-state index < -0.39 is 0 Å². The predicted octanol–water partition coefficient (Wildman–Crippen LogP) is 3.42. The van der Waals surface area contributed by atoms with Gasteiger partial charge in [0.15, 0.2) is 0 Å². The van der Waals surface area contributed by atoms with E-state index >= 15 is 0 Å². The van der Waals surface area contributed by atoms with Crippen molar-refractivity contribution in [3.63, 3.8) is 0 Å². The van der Waals surface area contributed by atoms with Crippen LogP contribution in [0.5, 0.6) is 17.2 Å².